The van der Waals surface area contributed by atoms with E-state index in [4.69, 9.17) is 4.74 Å². The molecular formula is C11H10BrFN2O. The van der Waals surface area contributed by atoms with Gasteiger partial charge in [-0.2, -0.15) is 4.98 Å². The Morgan fingerprint density at radius 2 is 2.19 bits per heavy atom. The average molecular weight is 285 g/mol. The number of benzene rings is 1. The van der Waals surface area contributed by atoms with Crippen molar-refractivity contribution in [2.24, 2.45) is 0 Å². The van der Waals surface area contributed by atoms with Crippen LogP contribution < -0.4 is 4.74 Å². The van der Waals surface area contributed by atoms with Crippen LogP contribution in [-0.4, -0.2) is 9.55 Å². The fourth-order valence-corrected chi connectivity index (χ4v) is 1.70. The maximum absolute atomic E-state index is 13.3. The highest BCUT2D eigenvalue weighted by molar-refractivity contribution is 9.10. The van der Waals surface area contributed by atoms with E-state index >= 15 is 0 Å². The Morgan fingerprint density at radius 1 is 1.44 bits per heavy atom. The van der Waals surface area contributed by atoms with E-state index in [1.54, 1.807) is 29.0 Å². The molecule has 5 heteroatoms. The maximum Gasteiger partial charge on any atom is 0.303 e. The summed E-state index contributed by atoms with van der Waals surface area (Å²) in [6.45, 7) is 2.67. The van der Waals surface area contributed by atoms with E-state index < -0.39 is 5.82 Å². The Balaban J connectivity index is 2.30. The molecule has 16 heavy (non-hydrogen) atoms. The number of nitrogens with zero attached hydrogens (tertiary/aromatic N) is 2. The van der Waals surface area contributed by atoms with Gasteiger partial charge in [-0.05, 0) is 35.0 Å². The Hall–Kier alpha value is -1.36. The molecule has 0 aliphatic carbocycles. The van der Waals surface area contributed by atoms with Crippen LogP contribution in [0.3, 0.4) is 0 Å². The van der Waals surface area contributed by atoms with E-state index in [-0.39, 0.29) is 5.75 Å². The van der Waals surface area contributed by atoms with Gasteiger partial charge in [-0.15, -0.1) is 0 Å². The number of hydrogen-bond acceptors (Lipinski definition) is 2. The number of para-hydroxylation sites is 1. The topological polar surface area (TPSA) is 27.1 Å². The highest BCUT2D eigenvalue weighted by Gasteiger charge is 2.09. The molecule has 0 N–H and O–H groups in total. The normalized spacial score (nSPS) is 10.4. The molecule has 1 heterocycles. The van der Waals surface area contributed by atoms with E-state index in [2.05, 4.69) is 20.9 Å². The molecule has 2 rings (SSSR count). The number of aryl methyl sites for hydroxylation is 1. The summed E-state index contributed by atoms with van der Waals surface area (Å²) in [7, 11) is 0. The molecule has 1 aromatic carbocycles. The van der Waals surface area contributed by atoms with Gasteiger partial charge < -0.3 is 4.74 Å². The molecule has 0 aliphatic heterocycles. The Labute approximate surface area is 101 Å². The minimum absolute atomic E-state index is 0.176. The Bertz CT molecular complexity index is 498. The van der Waals surface area contributed by atoms with Gasteiger partial charge in [0, 0.05) is 12.7 Å². The molecule has 1 aromatic heterocycles. The Morgan fingerprint density at radius 3 is 2.88 bits per heavy atom. The minimum atomic E-state index is -0.399. The summed E-state index contributed by atoms with van der Waals surface area (Å²) >= 11 is 3.25. The van der Waals surface area contributed by atoms with E-state index in [1.165, 1.54) is 6.07 Å². The second kappa shape index (κ2) is 4.65. The van der Waals surface area contributed by atoms with Gasteiger partial charge >= 0.3 is 6.01 Å². The number of halogens is 2. The molecule has 0 amide bonds. The first-order valence-electron chi connectivity index (χ1n) is 4.85. The van der Waals surface area contributed by atoms with Gasteiger partial charge in [-0.3, -0.25) is 4.57 Å². The van der Waals surface area contributed by atoms with Crippen molar-refractivity contribution in [1.29, 1.82) is 0 Å². The first kappa shape index (κ1) is 11.1. The molecule has 0 radical (unpaired) electrons. The number of aromatic nitrogens is 2. The van der Waals surface area contributed by atoms with Crippen LogP contribution in [0, 0.1) is 5.82 Å². The first-order chi connectivity index (χ1) is 7.70. The summed E-state index contributed by atoms with van der Waals surface area (Å²) in [6, 6.07) is 6.62. The highest BCUT2D eigenvalue weighted by Crippen LogP contribution is 2.24. The van der Waals surface area contributed by atoms with Crippen LogP contribution >= 0.6 is 15.9 Å². The van der Waals surface area contributed by atoms with Gasteiger partial charge in [-0.1, -0.05) is 12.1 Å². The number of ether oxygens (including phenoxy) is 1. The summed E-state index contributed by atoms with van der Waals surface area (Å²) < 4.78 is 21.2. The van der Waals surface area contributed by atoms with Crippen LogP contribution in [0.4, 0.5) is 4.39 Å². The third-order valence-corrected chi connectivity index (χ3v) is 2.47. The summed E-state index contributed by atoms with van der Waals surface area (Å²) in [4.78, 5) is 4.11. The molecule has 0 saturated carbocycles. The van der Waals surface area contributed by atoms with Crippen molar-refractivity contribution in [3.05, 3.63) is 40.9 Å². The molecule has 3 nitrogen and oxygen atoms in total. The summed E-state index contributed by atoms with van der Waals surface area (Å²) in [5.41, 5.74) is 0. The molecule has 0 saturated heterocycles. The zero-order valence-electron chi connectivity index (χ0n) is 8.65. The standard InChI is InChI=1S/C11H10BrFN2O/c1-2-15-7-10(12)14-11(15)16-9-6-4-3-5-8(9)13/h3-7H,2H2,1H3. The van der Waals surface area contributed by atoms with Gasteiger partial charge in [-0.25, -0.2) is 4.39 Å². The molecule has 0 spiro atoms. The van der Waals surface area contributed by atoms with Crippen molar-refractivity contribution < 1.29 is 9.13 Å². The van der Waals surface area contributed by atoms with Crippen molar-refractivity contribution >= 4 is 15.9 Å². The fourth-order valence-electron chi connectivity index (χ4n) is 1.30. The van der Waals surface area contributed by atoms with Crippen LogP contribution in [0.15, 0.2) is 35.1 Å². The zero-order chi connectivity index (χ0) is 11.5. The van der Waals surface area contributed by atoms with Crippen molar-refractivity contribution in [3.8, 4) is 11.8 Å². The monoisotopic (exact) mass is 284 g/mol. The largest absolute Gasteiger partial charge is 0.422 e. The molecule has 0 atom stereocenters. The van der Waals surface area contributed by atoms with Gasteiger partial charge in [0.1, 0.15) is 4.60 Å². The van der Waals surface area contributed by atoms with Crippen LogP contribution in [-0.2, 0) is 6.54 Å². The predicted molar refractivity (Wildman–Crippen MR) is 62.1 cm³/mol. The van der Waals surface area contributed by atoms with Crippen LogP contribution in [0.2, 0.25) is 0 Å². The van der Waals surface area contributed by atoms with E-state index in [0.29, 0.717) is 17.2 Å². The van der Waals surface area contributed by atoms with E-state index in [9.17, 15) is 4.39 Å². The third kappa shape index (κ3) is 2.24. The molecule has 2 aromatic rings. The van der Waals surface area contributed by atoms with Gasteiger partial charge in [0.15, 0.2) is 11.6 Å². The lowest BCUT2D eigenvalue weighted by Crippen LogP contribution is -1.98. The molecule has 0 unspecified atom stereocenters. The average Bonchev–Trinajstić information content (AvgIpc) is 2.62. The quantitative estimate of drug-likeness (QED) is 0.861. The van der Waals surface area contributed by atoms with Crippen LogP contribution in [0.5, 0.6) is 11.8 Å². The zero-order valence-corrected chi connectivity index (χ0v) is 10.2. The van der Waals surface area contributed by atoms with Crippen LogP contribution in [0.25, 0.3) is 0 Å². The maximum atomic E-state index is 13.3. The summed E-state index contributed by atoms with van der Waals surface area (Å²) in [5, 5.41) is 0. The van der Waals surface area contributed by atoms with Gasteiger partial charge in [0.2, 0.25) is 0 Å². The fraction of sp³-hybridized carbons (Fsp3) is 0.182. The smallest absolute Gasteiger partial charge is 0.303 e. The molecule has 0 fully saturated rings. The van der Waals surface area contributed by atoms with Crippen molar-refractivity contribution in [2.75, 3.05) is 0 Å². The lowest BCUT2D eigenvalue weighted by molar-refractivity contribution is 0.390. The lowest BCUT2D eigenvalue weighted by atomic mass is 10.3. The second-order valence-electron chi connectivity index (χ2n) is 3.16. The van der Waals surface area contributed by atoms with E-state index in [0.717, 1.165) is 0 Å². The third-order valence-electron chi connectivity index (χ3n) is 2.09. The van der Waals surface area contributed by atoms with Crippen molar-refractivity contribution in [1.82, 2.24) is 9.55 Å². The molecular weight excluding hydrogens is 275 g/mol. The summed E-state index contributed by atoms with van der Waals surface area (Å²) in [6.07, 6.45) is 1.79. The van der Waals surface area contributed by atoms with Crippen LogP contribution in [0.1, 0.15) is 6.92 Å². The van der Waals surface area contributed by atoms with Gasteiger partial charge in [0.05, 0.1) is 0 Å². The van der Waals surface area contributed by atoms with E-state index in [1.807, 2.05) is 6.92 Å². The van der Waals surface area contributed by atoms with Crippen molar-refractivity contribution in [2.45, 2.75) is 13.5 Å². The number of hydrogen-bond donors (Lipinski definition) is 0. The SMILES string of the molecule is CCn1cc(Br)nc1Oc1ccccc1F. The van der Waals surface area contributed by atoms with Crippen molar-refractivity contribution in [3.63, 3.8) is 0 Å². The number of rotatable bonds is 3. The minimum Gasteiger partial charge on any atom is -0.422 e. The second-order valence-corrected chi connectivity index (χ2v) is 3.98. The molecule has 84 valence electrons. The lowest BCUT2D eigenvalue weighted by Gasteiger charge is -2.06. The number of imidazole rings is 1. The molecule has 0 aliphatic rings. The van der Waals surface area contributed by atoms with Gasteiger partial charge in [0.25, 0.3) is 0 Å². The Kier molecular flexibility index (Phi) is 3.24. The first-order valence-corrected chi connectivity index (χ1v) is 5.65. The highest BCUT2D eigenvalue weighted by atomic mass is 79.9. The predicted octanol–water partition coefficient (Wildman–Crippen LogP) is 3.60. The summed E-state index contributed by atoms with van der Waals surface area (Å²) in [5.74, 6) is -0.223. The molecule has 0 bridgehead atoms.